The van der Waals surface area contributed by atoms with Crippen LogP contribution >= 0.6 is 0 Å². The Morgan fingerprint density at radius 2 is 1.81 bits per heavy atom. The molecule has 1 aromatic carbocycles. The van der Waals surface area contributed by atoms with Crippen LogP contribution in [0.4, 0.5) is 0 Å². The number of H-pyrrole nitrogens is 1. The summed E-state index contributed by atoms with van der Waals surface area (Å²) in [6.07, 6.45) is 2.10. The van der Waals surface area contributed by atoms with Gasteiger partial charge in [-0.3, -0.25) is 14.7 Å². The molecule has 0 bridgehead atoms. The van der Waals surface area contributed by atoms with Crippen molar-refractivity contribution in [2.75, 3.05) is 0 Å². The number of aromatic nitrogens is 2. The second-order valence-corrected chi connectivity index (χ2v) is 8.57. The number of carbonyl (C=O) groups is 2. The quantitative estimate of drug-likeness (QED) is 0.829. The van der Waals surface area contributed by atoms with Crippen molar-refractivity contribution in [1.82, 2.24) is 10.2 Å². The van der Waals surface area contributed by atoms with E-state index in [-0.39, 0.29) is 17.0 Å². The standard InChI is InChI=1S/C22H24N2O2/c1-13(25)20-19-16(23-24-20)10-14-11-21(2,3)12-17(26)18(14)22(19,4)15-8-6-5-7-9-15/h5-9H,10-12H2,1-4H3,(H,23,24). The van der Waals surface area contributed by atoms with Crippen molar-refractivity contribution in [3.05, 3.63) is 64.0 Å². The average Bonchev–Trinajstić information content (AvgIpc) is 2.98. The molecule has 0 spiro atoms. The van der Waals surface area contributed by atoms with Gasteiger partial charge in [-0.1, -0.05) is 49.8 Å². The van der Waals surface area contributed by atoms with Gasteiger partial charge in [0.15, 0.2) is 11.6 Å². The summed E-state index contributed by atoms with van der Waals surface area (Å²) in [4.78, 5) is 25.5. The SMILES string of the molecule is CC(=O)c1n[nH]c2c1C(C)(c1ccccc1)C1=C(C2)CC(C)(C)CC1=O. The highest BCUT2D eigenvalue weighted by Gasteiger charge is 2.49. The van der Waals surface area contributed by atoms with Crippen LogP contribution in [0.25, 0.3) is 0 Å². The lowest BCUT2D eigenvalue weighted by Gasteiger charge is -2.43. The molecule has 4 rings (SSSR count). The summed E-state index contributed by atoms with van der Waals surface area (Å²) in [6, 6.07) is 10.0. The number of Topliss-reactive ketones (excluding diaryl/α,β-unsaturated/α-hetero) is 2. The molecule has 4 nitrogen and oxygen atoms in total. The highest BCUT2D eigenvalue weighted by molar-refractivity contribution is 6.03. The van der Waals surface area contributed by atoms with Crippen LogP contribution in [0.3, 0.4) is 0 Å². The van der Waals surface area contributed by atoms with Gasteiger partial charge in [-0.15, -0.1) is 0 Å². The van der Waals surface area contributed by atoms with Crippen LogP contribution in [-0.4, -0.2) is 21.8 Å². The highest BCUT2D eigenvalue weighted by atomic mass is 16.1. The molecule has 26 heavy (non-hydrogen) atoms. The summed E-state index contributed by atoms with van der Waals surface area (Å²) >= 11 is 0. The lowest BCUT2D eigenvalue weighted by atomic mass is 9.58. The molecule has 2 aliphatic rings. The van der Waals surface area contributed by atoms with E-state index in [1.54, 1.807) is 0 Å². The number of nitrogens with one attached hydrogen (secondary N) is 1. The van der Waals surface area contributed by atoms with Crippen molar-refractivity contribution in [3.63, 3.8) is 0 Å². The first-order chi connectivity index (χ1) is 12.2. The van der Waals surface area contributed by atoms with E-state index in [9.17, 15) is 9.59 Å². The normalized spacial score (nSPS) is 24.2. The number of hydrogen-bond donors (Lipinski definition) is 1. The lowest BCUT2D eigenvalue weighted by Crippen LogP contribution is -2.41. The van der Waals surface area contributed by atoms with Gasteiger partial charge in [0.05, 0.1) is 0 Å². The molecule has 0 saturated carbocycles. The van der Waals surface area contributed by atoms with E-state index in [4.69, 9.17) is 0 Å². The van der Waals surface area contributed by atoms with E-state index in [1.807, 2.05) is 30.3 Å². The molecule has 1 N–H and O–H groups in total. The van der Waals surface area contributed by atoms with Gasteiger partial charge in [0.1, 0.15) is 5.69 Å². The third-order valence-electron chi connectivity index (χ3n) is 5.88. The molecule has 0 fully saturated rings. The molecule has 1 unspecified atom stereocenters. The number of carbonyl (C=O) groups excluding carboxylic acids is 2. The first-order valence-electron chi connectivity index (χ1n) is 9.14. The Labute approximate surface area is 153 Å². The van der Waals surface area contributed by atoms with E-state index in [0.29, 0.717) is 18.5 Å². The average molecular weight is 348 g/mol. The van der Waals surface area contributed by atoms with Crippen molar-refractivity contribution in [2.24, 2.45) is 5.41 Å². The topological polar surface area (TPSA) is 62.8 Å². The van der Waals surface area contributed by atoms with Crippen molar-refractivity contribution in [3.8, 4) is 0 Å². The lowest BCUT2D eigenvalue weighted by molar-refractivity contribution is -0.118. The van der Waals surface area contributed by atoms with Gasteiger partial charge >= 0.3 is 0 Å². The minimum atomic E-state index is -0.647. The van der Waals surface area contributed by atoms with Crippen LogP contribution < -0.4 is 0 Å². The zero-order valence-electron chi connectivity index (χ0n) is 15.8. The molecule has 0 saturated heterocycles. The third kappa shape index (κ3) is 2.32. The van der Waals surface area contributed by atoms with Gasteiger partial charge in [-0.05, 0) is 24.3 Å². The van der Waals surface area contributed by atoms with Crippen LogP contribution in [0.15, 0.2) is 41.5 Å². The number of allylic oxidation sites excluding steroid dienone is 2. The van der Waals surface area contributed by atoms with E-state index in [0.717, 1.165) is 28.8 Å². The fraction of sp³-hybridized carbons (Fsp3) is 0.409. The molecule has 4 heteroatoms. The molecule has 0 aliphatic heterocycles. The molecular weight excluding hydrogens is 324 g/mol. The van der Waals surface area contributed by atoms with Crippen LogP contribution in [0.2, 0.25) is 0 Å². The second kappa shape index (κ2) is 5.50. The van der Waals surface area contributed by atoms with E-state index < -0.39 is 5.41 Å². The van der Waals surface area contributed by atoms with Crippen LogP contribution in [-0.2, 0) is 16.6 Å². The van der Waals surface area contributed by atoms with Crippen molar-refractivity contribution >= 4 is 11.6 Å². The fourth-order valence-electron chi connectivity index (χ4n) is 4.93. The van der Waals surface area contributed by atoms with Crippen molar-refractivity contribution < 1.29 is 9.59 Å². The molecule has 1 heterocycles. The van der Waals surface area contributed by atoms with Gasteiger partial charge in [0, 0.05) is 42.0 Å². The number of benzene rings is 1. The Morgan fingerprint density at radius 1 is 1.12 bits per heavy atom. The highest BCUT2D eigenvalue weighted by Crippen LogP contribution is 2.52. The van der Waals surface area contributed by atoms with E-state index in [1.165, 1.54) is 12.5 Å². The molecule has 2 aliphatic carbocycles. The Morgan fingerprint density at radius 3 is 2.46 bits per heavy atom. The van der Waals surface area contributed by atoms with Crippen LogP contribution in [0.1, 0.15) is 67.8 Å². The zero-order chi connectivity index (χ0) is 18.7. The molecule has 1 atom stereocenters. The predicted octanol–water partition coefficient (Wildman–Crippen LogP) is 4.16. The molecular formula is C22H24N2O2. The monoisotopic (exact) mass is 348 g/mol. The Balaban J connectivity index is 2.04. The maximum atomic E-state index is 13.3. The first-order valence-corrected chi connectivity index (χ1v) is 9.14. The zero-order valence-corrected chi connectivity index (χ0v) is 15.8. The number of rotatable bonds is 2. The third-order valence-corrected chi connectivity index (χ3v) is 5.88. The molecule has 0 radical (unpaired) electrons. The minimum absolute atomic E-state index is 0.0333. The predicted molar refractivity (Wildman–Crippen MR) is 100 cm³/mol. The summed E-state index contributed by atoms with van der Waals surface area (Å²) in [7, 11) is 0. The second-order valence-electron chi connectivity index (χ2n) is 8.57. The summed E-state index contributed by atoms with van der Waals surface area (Å²) in [5, 5.41) is 7.42. The van der Waals surface area contributed by atoms with Gasteiger partial charge in [0.2, 0.25) is 0 Å². The molecule has 134 valence electrons. The maximum absolute atomic E-state index is 13.3. The number of nitrogens with zero attached hydrogens (tertiary/aromatic N) is 1. The van der Waals surface area contributed by atoms with Gasteiger partial charge in [-0.25, -0.2) is 0 Å². The minimum Gasteiger partial charge on any atom is -0.294 e. The maximum Gasteiger partial charge on any atom is 0.180 e. The van der Waals surface area contributed by atoms with Crippen molar-refractivity contribution in [1.29, 1.82) is 0 Å². The van der Waals surface area contributed by atoms with Crippen LogP contribution in [0, 0.1) is 5.41 Å². The molecule has 0 amide bonds. The van der Waals surface area contributed by atoms with E-state index in [2.05, 4.69) is 31.0 Å². The largest absolute Gasteiger partial charge is 0.294 e. The van der Waals surface area contributed by atoms with E-state index >= 15 is 0 Å². The number of ketones is 2. The number of hydrogen-bond acceptors (Lipinski definition) is 3. The summed E-state index contributed by atoms with van der Waals surface area (Å²) in [5.74, 6) is 0.126. The van der Waals surface area contributed by atoms with Gasteiger partial charge in [0.25, 0.3) is 0 Å². The fourth-order valence-corrected chi connectivity index (χ4v) is 4.93. The number of fused-ring (bicyclic) bond motifs is 1. The summed E-state index contributed by atoms with van der Waals surface area (Å²) in [5.41, 5.74) is 4.71. The van der Waals surface area contributed by atoms with Crippen LogP contribution in [0.5, 0.6) is 0 Å². The Kier molecular flexibility index (Phi) is 3.59. The Hall–Kier alpha value is -2.49. The molecule has 1 aromatic heterocycles. The molecule has 2 aromatic rings. The number of aromatic amines is 1. The van der Waals surface area contributed by atoms with Gasteiger partial charge in [-0.2, -0.15) is 5.10 Å². The first kappa shape index (κ1) is 17.0. The summed E-state index contributed by atoms with van der Waals surface area (Å²) < 4.78 is 0. The summed E-state index contributed by atoms with van der Waals surface area (Å²) in [6.45, 7) is 7.92. The Bertz CT molecular complexity index is 950. The van der Waals surface area contributed by atoms with Crippen molar-refractivity contribution in [2.45, 2.75) is 52.4 Å². The van der Waals surface area contributed by atoms with Gasteiger partial charge < -0.3 is 0 Å². The smallest absolute Gasteiger partial charge is 0.180 e.